The lowest BCUT2D eigenvalue weighted by Crippen LogP contribution is -2.40. The fraction of sp³-hybridized carbons (Fsp3) is 0.714. The first-order chi connectivity index (χ1) is 8.19. The summed E-state index contributed by atoms with van der Waals surface area (Å²) in [7, 11) is 0. The van der Waals surface area contributed by atoms with Crippen molar-refractivity contribution in [1.29, 1.82) is 0 Å². The SMILES string of the molecule is CCNCC(C)C(C)N(CC)Cc1cccs1. The maximum Gasteiger partial charge on any atom is 0.0330 e. The van der Waals surface area contributed by atoms with Gasteiger partial charge in [-0.3, -0.25) is 4.90 Å². The van der Waals surface area contributed by atoms with E-state index >= 15 is 0 Å². The lowest BCUT2D eigenvalue weighted by Gasteiger charge is -2.32. The van der Waals surface area contributed by atoms with Gasteiger partial charge in [0.15, 0.2) is 0 Å². The second-order valence-electron chi connectivity index (χ2n) is 4.67. The highest BCUT2D eigenvalue weighted by atomic mass is 32.1. The first-order valence-electron chi connectivity index (χ1n) is 6.66. The molecular weight excluding hydrogens is 228 g/mol. The van der Waals surface area contributed by atoms with Gasteiger partial charge in [-0.05, 0) is 43.9 Å². The number of thiophene rings is 1. The van der Waals surface area contributed by atoms with Crippen LogP contribution in [0.2, 0.25) is 0 Å². The third kappa shape index (κ3) is 4.78. The second kappa shape index (κ2) is 7.85. The van der Waals surface area contributed by atoms with Gasteiger partial charge in [-0.25, -0.2) is 0 Å². The summed E-state index contributed by atoms with van der Waals surface area (Å²) in [4.78, 5) is 4.03. The maximum atomic E-state index is 3.44. The van der Waals surface area contributed by atoms with E-state index in [2.05, 4.69) is 55.4 Å². The van der Waals surface area contributed by atoms with Gasteiger partial charge in [0.25, 0.3) is 0 Å². The molecule has 3 heteroatoms. The first kappa shape index (κ1) is 14.7. The summed E-state index contributed by atoms with van der Waals surface area (Å²) < 4.78 is 0. The van der Waals surface area contributed by atoms with E-state index in [9.17, 15) is 0 Å². The molecule has 2 atom stereocenters. The number of hydrogen-bond acceptors (Lipinski definition) is 3. The lowest BCUT2D eigenvalue weighted by atomic mass is 10.0. The molecule has 1 aromatic heterocycles. The molecule has 0 aliphatic rings. The van der Waals surface area contributed by atoms with Crippen molar-refractivity contribution < 1.29 is 0 Å². The van der Waals surface area contributed by atoms with E-state index in [0.717, 1.165) is 26.2 Å². The van der Waals surface area contributed by atoms with Crippen LogP contribution in [-0.2, 0) is 6.54 Å². The van der Waals surface area contributed by atoms with Crippen LogP contribution in [0.1, 0.15) is 32.6 Å². The summed E-state index contributed by atoms with van der Waals surface area (Å²) in [6.07, 6.45) is 0. The Morgan fingerprint density at radius 3 is 2.65 bits per heavy atom. The number of nitrogens with zero attached hydrogens (tertiary/aromatic N) is 1. The topological polar surface area (TPSA) is 15.3 Å². The van der Waals surface area contributed by atoms with Crippen LogP contribution in [-0.4, -0.2) is 30.6 Å². The molecule has 0 radical (unpaired) electrons. The van der Waals surface area contributed by atoms with E-state index in [4.69, 9.17) is 0 Å². The van der Waals surface area contributed by atoms with E-state index in [-0.39, 0.29) is 0 Å². The van der Waals surface area contributed by atoms with Crippen molar-refractivity contribution in [3.05, 3.63) is 22.4 Å². The first-order valence-corrected chi connectivity index (χ1v) is 7.54. The van der Waals surface area contributed by atoms with Crippen LogP contribution in [0, 0.1) is 5.92 Å². The number of rotatable bonds is 8. The monoisotopic (exact) mass is 254 g/mol. The molecule has 1 heterocycles. The molecule has 98 valence electrons. The van der Waals surface area contributed by atoms with Gasteiger partial charge >= 0.3 is 0 Å². The van der Waals surface area contributed by atoms with Crippen LogP contribution in [0.15, 0.2) is 17.5 Å². The summed E-state index contributed by atoms with van der Waals surface area (Å²) in [5, 5.41) is 5.61. The lowest BCUT2D eigenvalue weighted by molar-refractivity contribution is 0.161. The molecule has 1 aromatic rings. The smallest absolute Gasteiger partial charge is 0.0330 e. The quantitative estimate of drug-likeness (QED) is 0.766. The van der Waals surface area contributed by atoms with Gasteiger partial charge in [-0.2, -0.15) is 0 Å². The van der Waals surface area contributed by atoms with Gasteiger partial charge in [-0.15, -0.1) is 11.3 Å². The van der Waals surface area contributed by atoms with E-state index in [1.54, 1.807) is 0 Å². The van der Waals surface area contributed by atoms with E-state index in [1.165, 1.54) is 4.88 Å². The van der Waals surface area contributed by atoms with Gasteiger partial charge in [0.2, 0.25) is 0 Å². The molecule has 1 rings (SSSR count). The van der Waals surface area contributed by atoms with E-state index in [1.807, 2.05) is 11.3 Å². The van der Waals surface area contributed by atoms with Gasteiger partial charge in [0.05, 0.1) is 0 Å². The van der Waals surface area contributed by atoms with Crippen LogP contribution >= 0.6 is 11.3 Å². The predicted molar refractivity (Wildman–Crippen MR) is 77.6 cm³/mol. The molecule has 2 nitrogen and oxygen atoms in total. The number of hydrogen-bond donors (Lipinski definition) is 1. The van der Waals surface area contributed by atoms with E-state index in [0.29, 0.717) is 12.0 Å². The molecule has 0 saturated heterocycles. The van der Waals surface area contributed by atoms with Crippen LogP contribution in [0.5, 0.6) is 0 Å². The fourth-order valence-corrected chi connectivity index (χ4v) is 2.78. The van der Waals surface area contributed by atoms with Crippen molar-refractivity contribution in [1.82, 2.24) is 10.2 Å². The molecule has 0 spiro atoms. The molecule has 0 saturated carbocycles. The van der Waals surface area contributed by atoms with Crippen LogP contribution in [0.3, 0.4) is 0 Å². The van der Waals surface area contributed by atoms with Crippen molar-refractivity contribution in [3.63, 3.8) is 0 Å². The zero-order valence-electron chi connectivity index (χ0n) is 11.6. The van der Waals surface area contributed by atoms with E-state index < -0.39 is 0 Å². The van der Waals surface area contributed by atoms with Gasteiger partial charge in [0, 0.05) is 17.5 Å². The minimum Gasteiger partial charge on any atom is -0.317 e. The number of nitrogens with one attached hydrogen (secondary N) is 1. The summed E-state index contributed by atoms with van der Waals surface area (Å²) >= 11 is 1.86. The molecule has 1 N–H and O–H groups in total. The Bertz CT molecular complexity index is 284. The zero-order valence-corrected chi connectivity index (χ0v) is 12.4. The molecule has 0 amide bonds. The van der Waals surface area contributed by atoms with Crippen molar-refractivity contribution in [2.45, 2.75) is 40.3 Å². The Morgan fingerprint density at radius 1 is 1.35 bits per heavy atom. The van der Waals surface area contributed by atoms with Crippen LogP contribution < -0.4 is 5.32 Å². The van der Waals surface area contributed by atoms with Gasteiger partial charge in [-0.1, -0.05) is 26.8 Å². The summed E-state index contributed by atoms with van der Waals surface area (Å²) in [5.41, 5.74) is 0. The van der Waals surface area contributed by atoms with Crippen LogP contribution in [0.25, 0.3) is 0 Å². The Morgan fingerprint density at radius 2 is 2.12 bits per heavy atom. The second-order valence-corrected chi connectivity index (χ2v) is 5.70. The third-order valence-corrected chi connectivity index (χ3v) is 4.32. The predicted octanol–water partition coefficient (Wildman–Crippen LogP) is 3.20. The Balaban J connectivity index is 2.48. The molecule has 0 aliphatic carbocycles. The van der Waals surface area contributed by atoms with Gasteiger partial charge < -0.3 is 5.32 Å². The van der Waals surface area contributed by atoms with Crippen molar-refractivity contribution in [3.8, 4) is 0 Å². The minimum absolute atomic E-state index is 0.626. The Kier molecular flexibility index (Phi) is 6.78. The summed E-state index contributed by atoms with van der Waals surface area (Å²) in [6, 6.07) is 5.00. The Labute approximate surface area is 110 Å². The zero-order chi connectivity index (χ0) is 12.7. The molecule has 0 aliphatic heterocycles. The highest BCUT2D eigenvalue weighted by Crippen LogP contribution is 2.17. The maximum absolute atomic E-state index is 3.44. The third-order valence-electron chi connectivity index (χ3n) is 3.46. The molecule has 0 fully saturated rings. The molecule has 17 heavy (non-hydrogen) atoms. The molecule has 0 aromatic carbocycles. The summed E-state index contributed by atoms with van der Waals surface area (Å²) in [5.74, 6) is 0.690. The van der Waals surface area contributed by atoms with Crippen molar-refractivity contribution >= 4 is 11.3 Å². The average molecular weight is 254 g/mol. The molecule has 2 unspecified atom stereocenters. The highest BCUT2D eigenvalue weighted by Gasteiger charge is 2.18. The standard InChI is InChI=1S/C14H26N2S/c1-5-15-10-12(3)13(4)16(6-2)11-14-8-7-9-17-14/h7-9,12-13,15H,5-6,10-11H2,1-4H3. The van der Waals surface area contributed by atoms with Crippen LogP contribution in [0.4, 0.5) is 0 Å². The normalized spacial score (nSPS) is 15.1. The minimum atomic E-state index is 0.626. The highest BCUT2D eigenvalue weighted by molar-refractivity contribution is 7.09. The largest absolute Gasteiger partial charge is 0.317 e. The van der Waals surface area contributed by atoms with Crippen molar-refractivity contribution in [2.24, 2.45) is 5.92 Å². The molecule has 0 bridgehead atoms. The summed E-state index contributed by atoms with van der Waals surface area (Å²) in [6.45, 7) is 13.5. The van der Waals surface area contributed by atoms with Gasteiger partial charge in [0.1, 0.15) is 0 Å². The molecular formula is C14H26N2S. The fourth-order valence-electron chi connectivity index (χ4n) is 2.05. The Hall–Kier alpha value is -0.380. The average Bonchev–Trinajstić information content (AvgIpc) is 2.84. The van der Waals surface area contributed by atoms with Crippen molar-refractivity contribution in [2.75, 3.05) is 19.6 Å².